The summed E-state index contributed by atoms with van der Waals surface area (Å²) in [6, 6.07) is 16.0. The average Bonchev–Trinajstić information content (AvgIpc) is 3.12. The molecule has 0 fully saturated rings. The molecule has 1 heterocycles. The van der Waals surface area contributed by atoms with E-state index >= 15 is 0 Å². The van der Waals surface area contributed by atoms with Crippen molar-refractivity contribution in [1.29, 1.82) is 0 Å². The number of likely N-dealkylation sites (N-methyl/N-ethyl adjacent to an activating group) is 1. The molecule has 0 saturated heterocycles. The molecule has 0 aliphatic carbocycles. The topological polar surface area (TPSA) is 45.8 Å². The van der Waals surface area contributed by atoms with Gasteiger partial charge in [0.25, 0.3) is 0 Å². The summed E-state index contributed by atoms with van der Waals surface area (Å²) in [4.78, 5) is 2.17. The Hall–Kier alpha value is -2.30. The number of furan rings is 1. The number of ether oxygens (including phenoxy) is 1. The minimum absolute atomic E-state index is 0.274. The van der Waals surface area contributed by atoms with Crippen molar-refractivity contribution in [2.75, 3.05) is 19.7 Å². The van der Waals surface area contributed by atoms with E-state index in [0.29, 0.717) is 6.54 Å². The molecule has 0 saturated carbocycles. The highest BCUT2D eigenvalue weighted by molar-refractivity contribution is 5.88. The zero-order valence-electron chi connectivity index (χ0n) is 13.9. The van der Waals surface area contributed by atoms with Crippen LogP contribution in [0.25, 0.3) is 10.8 Å². The van der Waals surface area contributed by atoms with Gasteiger partial charge in [0.2, 0.25) is 0 Å². The predicted molar refractivity (Wildman–Crippen MR) is 95.1 cm³/mol. The van der Waals surface area contributed by atoms with E-state index in [1.165, 1.54) is 0 Å². The van der Waals surface area contributed by atoms with Gasteiger partial charge in [-0.3, -0.25) is 4.90 Å². The Kier molecular flexibility index (Phi) is 5.51. The van der Waals surface area contributed by atoms with Gasteiger partial charge in [-0.1, -0.05) is 43.3 Å². The normalized spacial score (nSPS) is 12.6. The van der Waals surface area contributed by atoms with Gasteiger partial charge in [-0.05, 0) is 24.1 Å². The Morgan fingerprint density at radius 1 is 1.12 bits per heavy atom. The molecule has 1 N–H and O–H groups in total. The summed E-state index contributed by atoms with van der Waals surface area (Å²) < 4.78 is 11.0. The fraction of sp³-hybridized carbons (Fsp3) is 0.300. The third-order valence-corrected chi connectivity index (χ3v) is 4.08. The molecule has 4 nitrogen and oxygen atoms in total. The van der Waals surface area contributed by atoms with Crippen LogP contribution < -0.4 is 4.74 Å². The molecule has 0 aliphatic heterocycles. The molecular formula is C20H23NO3. The predicted octanol–water partition coefficient (Wildman–Crippen LogP) is 3.69. The zero-order chi connectivity index (χ0) is 16.8. The lowest BCUT2D eigenvalue weighted by Gasteiger charge is -2.23. The van der Waals surface area contributed by atoms with E-state index in [1.54, 1.807) is 12.5 Å². The van der Waals surface area contributed by atoms with E-state index in [0.717, 1.165) is 35.2 Å². The van der Waals surface area contributed by atoms with Crippen LogP contribution in [-0.2, 0) is 6.54 Å². The van der Waals surface area contributed by atoms with Crippen molar-refractivity contribution in [1.82, 2.24) is 4.90 Å². The van der Waals surface area contributed by atoms with Crippen LogP contribution in [0.1, 0.15) is 12.5 Å². The molecule has 1 unspecified atom stereocenters. The minimum atomic E-state index is -0.546. The van der Waals surface area contributed by atoms with Crippen LogP contribution in [0.2, 0.25) is 0 Å². The molecule has 0 radical (unpaired) electrons. The fourth-order valence-corrected chi connectivity index (χ4v) is 2.80. The van der Waals surface area contributed by atoms with Crippen LogP contribution in [0, 0.1) is 0 Å². The summed E-state index contributed by atoms with van der Waals surface area (Å²) in [6.07, 6.45) is 2.86. The minimum Gasteiger partial charge on any atom is -0.490 e. The molecule has 1 aromatic heterocycles. The molecule has 126 valence electrons. The van der Waals surface area contributed by atoms with Gasteiger partial charge in [0.05, 0.1) is 12.5 Å². The van der Waals surface area contributed by atoms with Crippen molar-refractivity contribution in [2.24, 2.45) is 0 Å². The van der Waals surface area contributed by atoms with Gasteiger partial charge in [0.1, 0.15) is 18.5 Å². The molecule has 1 atom stereocenters. The Labute approximate surface area is 142 Å². The van der Waals surface area contributed by atoms with Crippen molar-refractivity contribution in [3.05, 3.63) is 66.6 Å². The van der Waals surface area contributed by atoms with Crippen LogP contribution >= 0.6 is 0 Å². The van der Waals surface area contributed by atoms with E-state index in [2.05, 4.69) is 24.0 Å². The summed E-state index contributed by atoms with van der Waals surface area (Å²) >= 11 is 0. The quantitative estimate of drug-likeness (QED) is 0.686. The van der Waals surface area contributed by atoms with Gasteiger partial charge in [-0.15, -0.1) is 0 Å². The van der Waals surface area contributed by atoms with Gasteiger partial charge < -0.3 is 14.3 Å². The van der Waals surface area contributed by atoms with Crippen LogP contribution in [0.15, 0.2) is 65.5 Å². The lowest BCUT2D eigenvalue weighted by atomic mass is 10.1. The molecule has 0 amide bonds. The van der Waals surface area contributed by atoms with Crippen molar-refractivity contribution >= 4 is 10.8 Å². The smallest absolute Gasteiger partial charge is 0.127 e. The first-order chi connectivity index (χ1) is 11.8. The van der Waals surface area contributed by atoms with Gasteiger partial charge in [-0.25, -0.2) is 0 Å². The Bertz CT molecular complexity index is 749. The number of rotatable bonds is 8. The van der Waals surface area contributed by atoms with Crippen LogP contribution in [0.5, 0.6) is 5.75 Å². The Balaban J connectivity index is 1.57. The van der Waals surface area contributed by atoms with Gasteiger partial charge in [0.15, 0.2) is 0 Å². The molecule has 4 heteroatoms. The van der Waals surface area contributed by atoms with Crippen LogP contribution in [0.3, 0.4) is 0 Å². The summed E-state index contributed by atoms with van der Waals surface area (Å²) in [5.41, 5.74) is 1.11. The maximum Gasteiger partial charge on any atom is 0.127 e. The largest absolute Gasteiger partial charge is 0.490 e. The van der Waals surface area contributed by atoms with E-state index in [9.17, 15) is 5.11 Å². The Morgan fingerprint density at radius 2 is 1.96 bits per heavy atom. The van der Waals surface area contributed by atoms with Crippen molar-refractivity contribution < 1.29 is 14.3 Å². The van der Waals surface area contributed by atoms with Crippen LogP contribution in [-0.4, -0.2) is 35.8 Å². The highest BCUT2D eigenvalue weighted by Crippen LogP contribution is 2.25. The average molecular weight is 325 g/mol. The van der Waals surface area contributed by atoms with Crippen molar-refractivity contribution in [3.8, 4) is 5.75 Å². The van der Waals surface area contributed by atoms with Crippen molar-refractivity contribution in [2.45, 2.75) is 19.6 Å². The first-order valence-corrected chi connectivity index (χ1v) is 8.28. The fourth-order valence-electron chi connectivity index (χ4n) is 2.80. The van der Waals surface area contributed by atoms with E-state index in [1.807, 2.05) is 36.4 Å². The number of aliphatic hydroxyl groups is 1. The second-order valence-corrected chi connectivity index (χ2v) is 5.90. The highest BCUT2D eigenvalue weighted by atomic mass is 16.5. The van der Waals surface area contributed by atoms with E-state index in [-0.39, 0.29) is 6.61 Å². The summed E-state index contributed by atoms with van der Waals surface area (Å²) in [7, 11) is 0. The zero-order valence-corrected chi connectivity index (χ0v) is 13.9. The summed E-state index contributed by atoms with van der Waals surface area (Å²) in [5.74, 6) is 0.810. The number of hydrogen-bond acceptors (Lipinski definition) is 4. The van der Waals surface area contributed by atoms with Gasteiger partial charge in [-0.2, -0.15) is 0 Å². The third kappa shape index (κ3) is 4.16. The van der Waals surface area contributed by atoms with E-state index in [4.69, 9.17) is 9.15 Å². The first-order valence-electron chi connectivity index (χ1n) is 8.28. The number of aliphatic hydroxyl groups excluding tert-OH is 1. The lowest BCUT2D eigenvalue weighted by Crippen LogP contribution is -2.35. The van der Waals surface area contributed by atoms with Crippen molar-refractivity contribution in [3.63, 3.8) is 0 Å². The summed E-state index contributed by atoms with van der Waals surface area (Å²) in [5, 5.41) is 12.5. The molecule has 0 bridgehead atoms. The molecule has 2 aromatic carbocycles. The maximum atomic E-state index is 10.3. The number of benzene rings is 2. The number of fused-ring (bicyclic) bond motifs is 1. The second kappa shape index (κ2) is 7.99. The molecular weight excluding hydrogens is 302 g/mol. The summed E-state index contributed by atoms with van der Waals surface area (Å²) in [6.45, 7) is 4.54. The van der Waals surface area contributed by atoms with Gasteiger partial charge in [0, 0.05) is 24.0 Å². The molecule has 3 aromatic rings. The third-order valence-electron chi connectivity index (χ3n) is 4.08. The lowest BCUT2D eigenvalue weighted by molar-refractivity contribution is 0.0679. The SMILES string of the molecule is CCN(Cc1ccoc1)CC(O)COc1cccc2ccccc12. The number of nitrogens with zero attached hydrogens (tertiary/aromatic N) is 1. The van der Waals surface area contributed by atoms with Gasteiger partial charge >= 0.3 is 0 Å². The number of hydrogen-bond donors (Lipinski definition) is 1. The van der Waals surface area contributed by atoms with Crippen LogP contribution in [0.4, 0.5) is 0 Å². The standard InChI is InChI=1S/C20H23NO3/c1-2-21(12-16-10-11-23-14-16)13-18(22)15-24-20-9-5-7-17-6-3-4-8-19(17)20/h3-11,14,18,22H,2,12-13,15H2,1H3. The molecule has 0 aliphatic rings. The highest BCUT2D eigenvalue weighted by Gasteiger charge is 2.13. The monoisotopic (exact) mass is 325 g/mol. The molecule has 24 heavy (non-hydrogen) atoms. The molecule has 3 rings (SSSR count). The Morgan fingerprint density at radius 3 is 2.75 bits per heavy atom. The molecule has 0 spiro atoms. The first kappa shape index (κ1) is 16.6. The second-order valence-electron chi connectivity index (χ2n) is 5.90. The maximum absolute atomic E-state index is 10.3. The van der Waals surface area contributed by atoms with E-state index < -0.39 is 6.10 Å².